The summed E-state index contributed by atoms with van der Waals surface area (Å²) in [4.78, 5) is 25.1. The third kappa shape index (κ3) is 3.02. The van der Waals surface area contributed by atoms with E-state index in [1.165, 1.54) is 0 Å². The summed E-state index contributed by atoms with van der Waals surface area (Å²) in [5.41, 5.74) is 2.13. The van der Waals surface area contributed by atoms with E-state index >= 15 is 0 Å². The van der Waals surface area contributed by atoms with Gasteiger partial charge in [0.15, 0.2) is 0 Å². The van der Waals surface area contributed by atoms with Gasteiger partial charge in [0, 0.05) is 37.9 Å². The molecule has 0 saturated carbocycles. The lowest BCUT2D eigenvalue weighted by Crippen LogP contribution is -2.45. The van der Waals surface area contributed by atoms with Crippen molar-refractivity contribution in [1.29, 1.82) is 0 Å². The predicted molar refractivity (Wildman–Crippen MR) is 93.2 cm³/mol. The van der Waals surface area contributed by atoms with Gasteiger partial charge in [-0.3, -0.25) is 4.79 Å². The SMILES string of the molecule is CN(c1ccncn1)C1CCN(C(=O)c2ccc3n[nH]nc3c2)CC1. The van der Waals surface area contributed by atoms with E-state index in [4.69, 9.17) is 0 Å². The summed E-state index contributed by atoms with van der Waals surface area (Å²) in [6.45, 7) is 1.46. The van der Waals surface area contributed by atoms with E-state index in [1.54, 1.807) is 18.6 Å². The molecule has 1 saturated heterocycles. The van der Waals surface area contributed by atoms with Crippen molar-refractivity contribution in [2.45, 2.75) is 18.9 Å². The van der Waals surface area contributed by atoms with E-state index in [9.17, 15) is 4.79 Å². The molecule has 8 heteroatoms. The number of carbonyl (C=O) groups is 1. The van der Waals surface area contributed by atoms with E-state index in [1.807, 2.05) is 30.1 Å². The number of hydrogen-bond donors (Lipinski definition) is 1. The zero-order valence-electron chi connectivity index (χ0n) is 14.0. The Morgan fingerprint density at radius 3 is 2.76 bits per heavy atom. The van der Waals surface area contributed by atoms with Crippen molar-refractivity contribution < 1.29 is 4.79 Å². The first-order chi connectivity index (χ1) is 12.2. The number of piperidine rings is 1. The summed E-state index contributed by atoms with van der Waals surface area (Å²) in [6, 6.07) is 7.70. The molecule has 1 N–H and O–H groups in total. The van der Waals surface area contributed by atoms with Gasteiger partial charge in [-0.25, -0.2) is 9.97 Å². The average molecular weight is 337 g/mol. The number of hydrogen-bond acceptors (Lipinski definition) is 6. The number of likely N-dealkylation sites (tertiary alicyclic amines) is 1. The molecular weight excluding hydrogens is 318 g/mol. The molecule has 0 aliphatic carbocycles. The fourth-order valence-electron chi connectivity index (χ4n) is 3.29. The molecular formula is C17H19N7O. The molecule has 0 bridgehead atoms. The van der Waals surface area contributed by atoms with Crippen LogP contribution in [0.15, 0.2) is 36.8 Å². The summed E-state index contributed by atoms with van der Waals surface area (Å²) >= 11 is 0. The maximum absolute atomic E-state index is 12.7. The molecule has 0 atom stereocenters. The van der Waals surface area contributed by atoms with Crippen LogP contribution in [0.2, 0.25) is 0 Å². The zero-order valence-corrected chi connectivity index (χ0v) is 14.0. The molecule has 4 rings (SSSR count). The van der Waals surface area contributed by atoms with Crippen molar-refractivity contribution >= 4 is 22.8 Å². The second kappa shape index (κ2) is 6.46. The maximum atomic E-state index is 12.7. The summed E-state index contributed by atoms with van der Waals surface area (Å²) in [6.07, 6.45) is 5.14. The first kappa shape index (κ1) is 15.5. The van der Waals surface area contributed by atoms with Gasteiger partial charge in [-0.2, -0.15) is 15.4 Å². The van der Waals surface area contributed by atoms with Crippen LogP contribution in [0.1, 0.15) is 23.2 Å². The fourth-order valence-corrected chi connectivity index (χ4v) is 3.29. The lowest BCUT2D eigenvalue weighted by Gasteiger charge is -2.37. The third-order valence-electron chi connectivity index (χ3n) is 4.79. The summed E-state index contributed by atoms with van der Waals surface area (Å²) in [7, 11) is 2.04. The van der Waals surface area contributed by atoms with Gasteiger partial charge >= 0.3 is 0 Å². The Morgan fingerprint density at radius 1 is 1.20 bits per heavy atom. The molecule has 0 radical (unpaired) electrons. The van der Waals surface area contributed by atoms with Gasteiger partial charge in [-0.1, -0.05) is 0 Å². The van der Waals surface area contributed by atoms with Crippen molar-refractivity contribution in [2.24, 2.45) is 0 Å². The maximum Gasteiger partial charge on any atom is 0.253 e. The number of nitrogens with one attached hydrogen (secondary N) is 1. The van der Waals surface area contributed by atoms with E-state index < -0.39 is 0 Å². The van der Waals surface area contributed by atoms with E-state index in [0.29, 0.717) is 17.1 Å². The van der Waals surface area contributed by atoms with Crippen molar-refractivity contribution in [3.8, 4) is 0 Å². The van der Waals surface area contributed by atoms with Crippen LogP contribution in [0.5, 0.6) is 0 Å². The fraction of sp³-hybridized carbons (Fsp3) is 0.353. The lowest BCUT2D eigenvalue weighted by molar-refractivity contribution is 0.0713. The Morgan fingerprint density at radius 2 is 2.00 bits per heavy atom. The van der Waals surface area contributed by atoms with Crippen LogP contribution >= 0.6 is 0 Å². The molecule has 1 aliphatic rings. The highest BCUT2D eigenvalue weighted by Crippen LogP contribution is 2.21. The van der Waals surface area contributed by atoms with Gasteiger partial charge in [0.1, 0.15) is 23.2 Å². The van der Waals surface area contributed by atoms with Gasteiger partial charge in [0.05, 0.1) is 0 Å². The Bertz CT molecular complexity index is 871. The quantitative estimate of drug-likeness (QED) is 0.779. The minimum Gasteiger partial charge on any atom is -0.356 e. The number of benzene rings is 1. The molecule has 128 valence electrons. The largest absolute Gasteiger partial charge is 0.356 e. The Hall–Kier alpha value is -3.03. The molecule has 2 aromatic heterocycles. The van der Waals surface area contributed by atoms with Gasteiger partial charge < -0.3 is 9.80 Å². The van der Waals surface area contributed by atoms with Crippen LogP contribution in [0.25, 0.3) is 11.0 Å². The van der Waals surface area contributed by atoms with Crippen molar-refractivity contribution in [2.75, 3.05) is 25.0 Å². The number of carbonyl (C=O) groups excluding carboxylic acids is 1. The highest BCUT2D eigenvalue weighted by Gasteiger charge is 2.26. The molecule has 0 spiro atoms. The minimum atomic E-state index is 0.0491. The molecule has 25 heavy (non-hydrogen) atoms. The summed E-state index contributed by atoms with van der Waals surface area (Å²) < 4.78 is 0. The van der Waals surface area contributed by atoms with Crippen LogP contribution in [0, 0.1) is 0 Å². The van der Waals surface area contributed by atoms with E-state index in [2.05, 4.69) is 30.3 Å². The van der Waals surface area contributed by atoms with Crippen LogP contribution in [0.4, 0.5) is 5.82 Å². The highest BCUT2D eigenvalue weighted by atomic mass is 16.2. The first-order valence-corrected chi connectivity index (χ1v) is 8.31. The second-order valence-corrected chi connectivity index (χ2v) is 6.23. The van der Waals surface area contributed by atoms with Crippen LogP contribution in [-0.4, -0.2) is 62.4 Å². The number of anilines is 1. The number of amides is 1. The van der Waals surface area contributed by atoms with Crippen molar-refractivity contribution in [3.63, 3.8) is 0 Å². The lowest BCUT2D eigenvalue weighted by atomic mass is 10.0. The van der Waals surface area contributed by atoms with Gasteiger partial charge in [-0.05, 0) is 37.1 Å². The van der Waals surface area contributed by atoms with Crippen LogP contribution < -0.4 is 4.90 Å². The van der Waals surface area contributed by atoms with Crippen LogP contribution in [0.3, 0.4) is 0 Å². The second-order valence-electron chi connectivity index (χ2n) is 6.23. The van der Waals surface area contributed by atoms with Gasteiger partial charge in [-0.15, -0.1) is 0 Å². The molecule has 1 amide bonds. The van der Waals surface area contributed by atoms with Crippen LogP contribution in [-0.2, 0) is 0 Å². The van der Waals surface area contributed by atoms with E-state index in [-0.39, 0.29) is 5.91 Å². The zero-order chi connectivity index (χ0) is 17.2. The first-order valence-electron chi connectivity index (χ1n) is 8.31. The number of aromatic amines is 1. The van der Waals surface area contributed by atoms with Gasteiger partial charge in [0.25, 0.3) is 5.91 Å². The highest BCUT2D eigenvalue weighted by molar-refractivity contribution is 5.97. The Balaban J connectivity index is 1.42. The smallest absolute Gasteiger partial charge is 0.253 e. The topological polar surface area (TPSA) is 90.9 Å². The predicted octanol–water partition coefficient (Wildman–Crippen LogP) is 1.49. The average Bonchev–Trinajstić information content (AvgIpc) is 3.15. The molecule has 3 heterocycles. The summed E-state index contributed by atoms with van der Waals surface area (Å²) in [5, 5.41) is 10.6. The van der Waals surface area contributed by atoms with E-state index in [0.717, 1.165) is 37.3 Å². The molecule has 8 nitrogen and oxygen atoms in total. The number of fused-ring (bicyclic) bond motifs is 1. The van der Waals surface area contributed by atoms with Crippen molar-refractivity contribution in [3.05, 3.63) is 42.4 Å². The summed E-state index contributed by atoms with van der Waals surface area (Å²) in [5.74, 6) is 0.962. The van der Waals surface area contributed by atoms with Gasteiger partial charge in [0.2, 0.25) is 0 Å². The molecule has 0 unspecified atom stereocenters. The van der Waals surface area contributed by atoms with Crippen molar-refractivity contribution in [1.82, 2.24) is 30.3 Å². The Labute approximate surface area is 144 Å². The standard InChI is InChI=1S/C17H19N7O/c1-23(16-4-7-18-11-19-16)13-5-8-24(9-6-13)17(25)12-2-3-14-15(10-12)21-22-20-14/h2-4,7,10-11,13H,5-6,8-9H2,1H3,(H,20,21,22). The molecule has 1 aliphatic heterocycles. The number of nitrogens with zero attached hydrogens (tertiary/aromatic N) is 6. The third-order valence-corrected chi connectivity index (χ3v) is 4.79. The number of H-pyrrole nitrogens is 1. The normalized spacial score (nSPS) is 15.5. The molecule has 3 aromatic rings. The Kier molecular flexibility index (Phi) is 4.01. The number of aromatic nitrogens is 5. The monoisotopic (exact) mass is 337 g/mol. The minimum absolute atomic E-state index is 0.0491. The number of rotatable bonds is 3. The molecule has 1 aromatic carbocycles. The molecule has 1 fully saturated rings.